The van der Waals surface area contributed by atoms with Crippen LogP contribution >= 0.6 is 11.6 Å². The minimum atomic E-state index is -4.49. The number of amides is 1. The van der Waals surface area contributed by atoms with E-state index in [1.165, 1.54) is 0 Å². The van der Waals surface area contributed by atoms with Gasteiger partial charge in [0.15, 0.2) is 0 Å². The van der Waals surface area contributed by atoms with Gasteiger partial charge in [-0.3, -0.25) is 4.79 Å². The highest BCUT2D eigenvalue weighted by Gasteiger charge is 2.32. The molecule has 0 bridgehead atoms. The largest absolute Gasteiger partial charge is 0.496 e. The second-order valence-corrected chi connectivity index (χ2v) is 7.25. The number of hydrogen-bond donors (Lipinski definition) is 0. The summed E-state index contributed by atoms with van der Waals surface area (Å²) in [7, 11) is 1.56. The normalized spacial score (nSPS) is 15.2. The molecule has 0 aliphatic carbocycles. The third kappa shape index (κ3) is 4.75. The highest BCUT2D eigenvalue weighted by molar-refractivity contribution is 6.33. The summed E-state index contributed by atoms with van der Waals surface area (Å²) in [6.07, 6.45) is -3.06. The second-order valence-electron chi connectivity index (χ2n) is 6.84. The second kappa shape index (κ2) is 8.49. The zero-order valence-electron chi connectivity index (χ0n) is 16.1. The Bertz CT molecular complexity index is 905. The number of methoxy groups -OCH3 is 1. The number of nitrogens with zero attached hydrogens (tertiary/aromatic N) is 3. The van der Waals surface area contributed by atoms with Gasteiger partial charge in [-0.1, -0.05) is 17.7 Å². The first kappa shape index (κ1) is 21.2. The first-order valence-electron chi connectivity index (χ1n) is 9.12. The van der Waals surface area contributed by atoms with E-state index in [1.54, 1.807) is 24.1 Å². The summed E-state index contributed by atoms with van der Waals surface area (Å²) in [6.45, 7) is 3.81. The average molecular weight is 428 g/mol. The standard InChI is InChI=1S/C20H21ClF3N3O2/c1-13-4-5-14(10-17(13)29-2)19(28)27-7-3-6-26(8-9-27)18-16(21)11-15(12-25-18)20(22,23)24/h4-5,10-12H,3,6-9H2,1-2H3. The fourth-order valence-corrected chi connectivity index (χ4v) is 3.57. The lowest BCUT2D eigenvalue weighted by molar-refractivity contribution is -0.137. The van der Waals surface area contributed by atoms with Crippen molar-refractivity contribution < 1.29 is 22.7 Å². The fourth-order valence-electron chi connectivity index (χ4n) is 3.29. The molecule has 0 radical (unpaired) electrons. The first-order chi connectivity index (χ1) is 13.7. The molecule has 0 saturated carbocycles. The monoisotopic (exact) mass is 427 g/mol. The molecule has 2 aromatic rings. The topological polar surface area (TPSA) is 45.7 Å². The van der Waals surface area contributed by atoms with Crippen LogP contribution in [0, 0.1) is 6.92 Å². The smallest absolute Gasteiger partial charge is 0.417 e. The van der Waals surface area contributed by atoms with E-state index in [4.69, 9.17) is 16.3 Å². The Balaban J connectivity index is 1.73. The predicted octanol–water partition coefficient (Wildman–Crippen LogP) is 4.42. The molecule has 0 unspecified atom stereocenters. The molecule has 1 fully saturated rings. The van der Waals surface area contributed by atoms with Gasteiger partial charge in [0.25, 0.3) is 5.91 Å². The van der Waals surface area contributed by atoms with Crippen LogP contribution in [-0.4, -0.2) is 49.1 Å². The third-order valence-electron chi connectivity index (χ3n) is 4.89. The molecule has 9 heteroatoms. The van der Waals surface area contributed by atoms with Crippen molar-refractivity contribution in [2.24, 2.45) is 0 Å². The van der Waals surface area contributed by atoms with E-state index in [1.807, 2.05) is 17.9 Å². The molecule has 1 amide bonds. The van der Waals surface area contributed by atoms with Gasteiger partial charge in [-0.2, -0.15) is 13.2 Å². The van der Waals surface area contributed by atoms with Crippen molar-refractivity contribution >= 4 is 23.3 Å². The maximum Gasteiger partial charge on any atom is 0.417 e. The number of benzene rings is 1. The summed E-state index contributed by atoms with van der Waals surface area (Å²) >= 11 is 6.07. The van der Waals surface area contributed by atoms with Crippen LogP contribution in [0.2, 0.25) is 5.02 Å². The van der Waals surface area contributed by atoms with Crippen LogP contribution in [0.1, 0.15) is 27.9 Å². The van der Waals surface area contributed by atoms with Gasteiger partial charge in [0, 0.05) is 37.9 Å². The van der Waals surface area contributed by atoms with Crippen molar-refractivity contribution in [1.82, 2.24) is 9.88 Å². The van der Waals surface area contributed by atoms with Crippen molar-refractivity contribution in [3.8, 4) is 5.75 Å². The number of rotatable bonds is 3. The van der Waals surface area contributed by atoms with Crippen molar-refractivity contribution in [1.29, 1.82) is 0 Å². The van der Waals surface area contributed by atoms with Gasteiger partial charge in [-0.25, -0.2) is 4.98 Å². The molecule has 0 N–H and O–H groups in total. The minimum Gasteiger partial charge on any atom is -0.496 e. The number of halogens is 4. The lowest BCUT2D eigenvalue weighted by atomic mass is 10.1. The molecule has 0 spiro atoms. The van der Waals surface area contributed by atoms with Gasteiger partial charge in [-0.05, 0) is 37.1 Å². The van der Waals surface area contributed by atoms with E-state index in [0.29, 0.717) is 49.7 Å². The van der Waals surface area contributed by atoms with E-state index in [0.717, 1.165) is 17.8 Å². The summed E-state index contributed by atoms with van der Waals surface area (Å²) < 4.78 is 43.8. The minimum absolute atomic E-state index is 0.0529. The third-order valence-corrected chi connectivity index (χ3v) is 5.16. The van der Waals surface area contributed by atoms with Gasteiger partial charge < -0.3 is 14.5 Å². The predicted molar refractivity (Wildman–Crippen MR) is 105 cm³/mol. The molecule has 1 aromatic heterocycles. The fraction of sp³-hybridized carbons (Fsp3) is 0.400. The Hall–Kier alpha value is -2.48. The highest BCUT2D eigenvalue weighted by atomic mass is 35.5. The van der Waals surface area contributed by atoms with Crippen molar-refractivity contribution in [3.63, 3.8) is 0 Å². The number of hydrogen-bond acceptors (Lipinski definition) is 4. The van der Waals surface area contributed by atoms with E-state index in [9.17, 15) is 18.0 Å². The molecular weight excluding hydrogens is 407 g/mol. The van der Waals surface area contributed by atoms with E-state index in [-0.39, 0.29) is 10.9 Å². The first-order valence-corrected chi connectivity index (χ1v) is 9.50. The lowest BCUT2D eigenvalue weighted by Gasteiger charge is -2.24. The Labute approximate surface area is 172 Å². The van der Waals surface area contributed by atoms with Crippen LogP contribution < -0.4 is 9.64 Å². The van der Waals surface area contributed by atoms with Crippen LogP contribution in [0.3, 0.4) is 0 Å². The summed E-state index contributed by atoms with van der Waals surface area (Å²) in [4.78, 5) is 20.3. The van der Waals surface area contributed by atoms with Gasteiger partial charge in [0.05, 0.1) is 17.7 Å². The Morgan fingerprint density at radius 1 is 1.17 bits per heavy atom. The van der Waals surface area contributed by atoms with Gasteiger partial charge in [-0.15, -0.1) is 0 Å². The lowest BCUT2D eigenvalue weighted by Crippen LogP contribution is -2.35. The number of carbonyl (C=O) groups excluding carboxylic acids is 1. The molecule has 1 aliphatic heterocycles. The molecule has 156 valence electrons. The Morgan fingerprint density at radius 3 is 2.59 bits per heavy atom. The van der Waals surface area contributed by atoms with E-state index >= 15 is 0 Å². The summed E-state index contributed by atoms with van der Waals surface area (Å²) in [5.74, 6) is 0.829. The number of aromatic nitrogens is 1. The van der Waals surface area contributed by atoms with Gasteiger partial charge >= 0.3 is 6.18 Å². The van der Waals surface area contributed by atoms with Crippen LogP contribution in [0.25, 0.3) is 0 Å². The molecule has 2 heterocycles. The van der Waals surface area contributed by atoms with Crippen LogP contribution in [0.4, 0.5) is 19.0 Å². The summed E-state index contributed by atoms with van der Waals surface area (Å²) in [5.41, 5.74) is 0.590. The van der Waals surface area contributed by atoms with E-state index in [2.05, 4.69) is 4.98 Å². The maximum atomic E-state index is 12.9. The quantitative estimate of drug-likeness (QED) is 0.727. The van der Waals surface area contributed by atoms with Crippen LogP contribution in [-0.2, 0) is 6.18 Å². The summed E-state index contributed by atoms with van der Waals surface area (Å²) in [6, 6.07) is 6.20. The maximum absolute atomic E-state index is 12.9. The molecule has 1 saturated heterocycles. The van der Waals surface area contributed by atoms with Crippen LogP contribution in [0.5, 0.6) is 5.75 Å². The van der Waals surface area contributed by atoms with Gasteiger partial charge in [0.2, 0.25) is 0 Å². The molecule has 1 aromatic carbocycles. The number of anilines is 1. The number of carbonyl (C=O) groups is 1. The number of pyridine rings is 1. The van der Waals surface area contributed by atoms with E-state index < -0.39 is 11.7 Å². The molecular formula is C20H21ClF3N3O2. The summed E-state index contributed by atoms with van der Waals surface area (Å²) in [5, 5.41) is -0.0529. The number of ether oxygens (including phenoxy) is 1. The van der Waals surface area contributed by atoms with Gasteiger partial charge in [0.1, 0.15) is 11.6 Å². The van der Waals surface area contributed by atoms with Crippen molar-refractivity contribution in [2.75, 3.05) is 38.2 Å². The Kier molecular flexibility index (Phi) is 6.21. The number of alkyl halides is 3. The SMILES string of the molecule is COc1cc(C(=O)N2CCCN(c3ncc(C(F)(F)F)cc3Cl)CC2)ccc1C. The molecule has 0 atom stereocenters. The molecule has 3 rings (SSSR count). The molecule has 5 nitrogen and oxygen atoms in total. The highest BCUT2D eigenvalue weighted by Crippen LogP contribution is 2.33. The van der Waals surface area contributed by atoms with Crippen LogP contribution in [0.15, 0.2) is 30.5 Å². The molecule has 1 aliphatic rings. The average Bonchev–Trinajstić information content (AvgIpc) is 2.93. The number of aryl methyl sites for hydroxylation is 1. The Morgan fingerprint density at radius 2 is 1.93 bits per heavy atom. The zero-order valence-corrected chi connectivity index (χ0v) is 16.8. The molecule has 29 heavy (non-hydrogen) atoms. The van der Waals surface area contributed by atoms with Crippen molar-refractivity contribution in [2.45, 2.75) is 19.5 Å². The van der Waals surface area contributed by atoms with Crippen molar-refractivity contribution in [3.05, 3.63) is 52.2 Å². The zero-order chi connectivity index (χ0) is 21.2.